The fourth-order valence-corrected chi connectivity index (χ4v) is 6.57. The summed E-state index contributed by atoms with van der Waals surface area (Å²) in [6.07, 6.45) is 10.2. The summed E-state index contributed by atoms with van der Waals surface area (Å²) >= 11 is 0. The molecule has 2 fully saturated rings. The molecule has 4 atom stereocenters. The van der Waals surface area contributed by atoms with Crippen LogP contribution in [-0.4, -0.2) is 45.3 Å². The predicted molar refractivity (Wildman–Crippen MR) is 134 cm³/mol. The van der Waals surface area contributed by atoms with Crippen LogP contribution in [0.2, 0.25) is 0 Å². The minimum Gasteiger partial charge on any atom is -0.508 e. The quantitative estimate of drug-likeness (QED) is 0.346. The third-order valence-corrected chi connectivity index (χ3v) is 8.37. The van der Waals surface area contributed by atoms with E-state index in [1.54, 1.807) is 6.07 Å². The van der Waals surface area contributed by atoms with Gasteiger partial charge >= 0.3 is 0 Å². The molecule has 0 radical (unpaired) electrons. The first kappa shape index (κ1) is 21.4. The molecular weight excluding hydrogens is 426 g/mol. The fourth-order valence-electron chi connectivity index (χ4n) is 6.57. The van der Waals surface area contributed by atoms with Crippen molar-refractivity contribution < 1.29 is 10.2 Å². The molecule has 7 N–H and O–H groups in total. The van der Waals surface area contributed by atoms with E-state index in [1.807, 2.05) is 36.4 Å². The number of phenolic OH excluding ortho intramolecular Hbond substituents is 1. The van der Waals surface area contributed by atoms with Crippen molar-refractivity contribution >= 4 is 17.3 Å². The van der Waals surface area contributed by atoms with Crippen molar-refractivity contribution in [3.63, 3.8) is 0 Å². The van der Waals surface area contributed by atoms with Crippen molar-refractivity contribution in [1.29, 1.82) is 0 Å². The second-order valence-corrected chi connectivity index (χ2v) is 10.6. The van der Waals surface area contributed by atoms with Gasteiger partial charge in [0.25, 0.3) is 0 Å². The number of nitrogens with zero attached hydrogens (tertiary/aromatic N) is 2. The van der Waals surface area contributed by atoms with E-state index in [-0.39, 0.29) is 23.8 Å². The first-order valence-corrected chi connectivity index (χ1v) is 12.3. The highest BCUT2D eigenvalue weighted by Crippen LogP contribution is 2.58. The van der Waals surface area contributed by atoms with Gasteiger partial charge in [-0.05, 0) is 98.2 Å². The third kappa shape index (κ3) is 3.41. The molecule has 4 unspecified atom stereocenters. The molecule has 0 spiro atoms. The number of aliphatic imine (C=N–C) groups is 1. The maximum Gasteiger partial charge on any atom is 0.191 e. The summed E-state index contributed by atoms with van der Waals surface area (Å²) in [7, 11) is 0. The average molecular weight is 460 g/mol. The summed E-state index contributed by atoms with van der Waals surface area (Å²) in [5.74, 6) is 1.05. The van der Waals surface area contributed by atoms with Gasteiger partial charge in [0.05, 0.1) is 17.3 Å². The van der Waals surface area contributed by atoms with Crippen LogP contribution in [0.1, 0.15) is 43.2 Å². The maximum absolute atomic E-state index is 12.4. The molecule has 3 aliphatic carbocycles. The third-order valence-electron chi connectivity index (χ3n) is 8.37. The smallest absolute Gasteiger partial charge is 0.191 e. The first-order chi connectivity index (χ1) is 16.4. The van der Waals surface area contributed by atoms with Gasteiger partial charge in [-0.2, -0.15) is 0 Å². The van der Waals surface area contributed by atoms with Crippen LogP contribution in [0, 0.1) is 5.92 Å². The molecular formula is C27H33N5O2. The van der Waals surface area contributed by atoms with E-state index in [0.717, 1.165) is 43.0 Å². The normalized spacial score (nSPS) is 31.4. The second-order valence-electron chi connectivity index (χ2n) is 10.6. The number of benzene rings is 2. The van der Waals surface area contributed by atoms with Gasteiger partial charge in [-0.25, -0.2) is 4.99 Å². The number of nitrogens with one attached hydrogen (secondary N) is 1. The molecule has 1 aliphatic heterocycles. The van der Waals surface area contributed by atoms with Crippen LogP contribution in [0.5, 0.6) is 5.75 Å². The molecule has 4 aliphatic rings. The van der Waals surface area contributed by atoms with E-state index in [0.29, 0.717) is 12.1 Å². The van der Waals surface area contributed by atoms with Gasteiger partial charge in [-0.1, -0.05) is 12.1 Å². The number of phenols is 1. The molecule has 7 heteroatoms. The van der Waals surface area contributed by atoms with Crippen molar-refractivity contribution in [3.8, 4) is 5.75 Å². The Morgan fingerprint density at radius 1 is 1.12 bits per heavy atom. The van der Waals surface area contributed by atoms with Crippen LogP contribution in [0.25, 0.3) is 0 Å². The van der Waals surface area contributed by atoms with E-state index in [1.165, 1.54) is 18.4 Å². The van der Waals surface area contributed by atoms with Crippen LogP contribution >= 0.6 is 0 Å². The first-order valence-electron chi connectivity index (χ1n) is 12.3. The number of hydrogen-bond acceptors (Lipinski definition) is 5. The topological polar surface area (TPSA) is 120 Å². The standard InChI is InChI=1S/C27H33N5O2/c28-25(29)31-20-6-4-19(5-7-20)30-21-9-10-27(34)24-13-18-3-8-22(33)14-23(18)26(27,15-21)11-12-32(24)16-17-1-2-17/h3-8,11-12,14,17,21,24,30,33-34H,1-2,9-10,13,15-16H2,(H4,28,29,31). The van der Waals surface area contributed by atoms with E-state index >= 15 is 0 Å². The van der Waals surface area contributed by atoms with Crippen LogP contribution < -0.4 is 16.8 Å². The Morgan fingerprint density at radius 2 is 1.91 bits per heavy atom. The van der Waals surface area contributed by atoms with Gasteiger partial charge in [0.15, 0.2) is 5.96 Å². The molecule has 7 nitrogen and oxygen atoms in total. The van der Waals surface area contributed by atoms with Crippen LogP contribution in [-0.2, 0) is 11.8 Å². The maximum atomic E-state index is 12.4. The van der Waals surface area contributed by atoms with Gasteiger partial charge < -0.3 is 31.9 Å². The summed E-state index contributed by atoms with van der Waals surface area (Å²) in [4.78, 5) is 6.49. The summed E-state index contributed by atoms with van der Waals surface area (Å²) in [6, 6.07) is 13.7. The molecule has 2 aromatic carbocycles. The van der Waals surface area contributed by atoms with Gasteiger partial charge in [0.2, 0.25) is 0 Å². The number of nitrogens with two attached hydrogens (primary N) is 2. The Balaban J connectivity index is 1.34. The average Bonchev–Trinajstić information content (AvgIpc) is 3.62. The number of hydrogen-bond donors (Lipinski definition) is 5. The molecule has 0 amide bonds. The van der Waals surface area contributed by atoms with Gasteiger partial charge in [0.1, 0.15) is 5.75 Å². The lowest BCUT2D eigenvalue weighted by atomic mass is 9.50. The van der Waals surface area contributed by atoms with E-state index in [9.17, 15) is 10.2 Å². The molecule has 178 valence electrons. The summed E-state index contributed by atoms with van der Waals surface area (Å²) in [5, 5.41) is 26.4. The fraction of sp³-hybridized carbons (Fsp3) is 0.444. The van der Waals surface area contributed by atoms with Crippen molar-refractivity contribution in [2.24, 2.45) is 22.4 Å². The molecule has 34 heavy (non-hydrogen) atoms. The predicted octanol–water partition coefficient (Wildman–Crippen LogP) is 3.09. The van der Waals surface area contributed by atoms with Crippen molar-refractivity contribution in [2.75, 3.05) is 11.9 Å². The minimum atomic E-state index is -0.854. The molecule has 2 bridgehead atoms. The molecule has 6 rings (SSSR count). The number of aliphatic hydroxyl groups is 1. The molecule has 0 aromatic heterocycles. The Labute approximate surface area is 200 Å². The van der Waals surface area contributed by atoms with Crippen LogP contribution in [0.4, 0.5) is 11.4 Å². The highest BCUT2D eigenvalue weighted by atomic mass is 16.3. The van der Waals surface area contributed by atoms with Crippen LogP contribution in [0.3, 0.4) is 0 Å². The highest BCUT2D eigenvalue weighted by molar-refractivity contribution is 5.79. The summed E-state index contributed by atoms with van der Waals surface area (Å²) < 4.78 is 0. The Hall–Kier alpha value is -3.19. The van der Waals surface area contributed by atoms with Crippen molar-refractivity contribution in [2.45, 2.75) is 61.6 Å². The number of rotatable bonds is 5. The van der Waals surface area contributed by atoms with Gasteiger partial charge in [0, 0.05) is 23.7 Å². The summed E-state index contributed by atoms with van der Waals surface area (Å²) in [6.45, 7) is 1.02. The number of fused-ring (bicyclic) bond motifs is 1. The number of anilines is 1. The Kier molecular flexibility index (Phi) is 4.81. The van der Waals surface area contributed by atoms with E-state index in [4.69, 9.17) is 11.5 Å². The number of aromatic hydroxyl groups is 1. The zero-order chi connectivity index (χ0) is 23.5. The largest absolute Gasteiger partial charge is 0.508 e. The summed E-state index contributed by atoms with van der Waals surface area (Å²) in [5.41, 5.74) is 13.6. The van der Waals surface area contributed by atoms with Crippen molar-refractivity contribution in [3.05, 3.63) is 65.9 Å². The van der Waals surface area contributed by atoms with Gasteiger partial charge in [-0.15, -0.1) is 0 Å². The molecule has 2 saturated carbocycles. The monoisotopic (exact) mass is 459 g/mol. The van der Waals surface area contributed by atoms with E-state index < -0.39 is 11.0 Å². The molecule has 1 heterocycles. The van der Waals surface area contributed by atoms with Crippen molar-refractivity contribution in [1.82, 2.24) is 4.90 Å². The lowest BCUT2D eigenvalue weighted by Gasteiger charge is -2.62. The Morgan fingerprint density at radius 3 is 2.65 bits per heavy atom. The van der Waals surface area contributed by atoms with Crippen LogP contribution in [0.15, 0.2) is 59.7 Å². The molecule has 2 aromatic rings. The Bertz CT molecular complexity index is 1150. The highest BCUT2D eigenvalue weighted by Gasteiger charge is 2.63. The SMILES string of the molecule is NC(N)=Nc1ccc(NC2CCC3(O)C4Cc5ccc(O)cc5C3(C=CN4CC3CC3)C2)cc1. The van der Waals surface area contributed by atoms with Gasteiger partial charge in [-0.3, -0.25) is 0 Å². The van der Waals surface area contributed by atoms with E-state index in [2.05, 4.69) is 27.5 Å². The lowest BCUT2D eigenvalue weighted by molar-refractivity contribution is -0.123. The second kappa shape index (κ2) is 7.67. The molecule has 0 saturated heterocycles. The zero-order valence-corrected chi connectivity index (χ0v) is 19.3. The number of guanidine groups is 1. The minimum absolute atomic E-state index is 0.0416. The zero-order valence-electron chi connectivity index (χ0n) is 19.3. The lowest BCUT2D eigenvalue weighted by Crippen LogP contribution is -2.71.